The van der Waals surface area contributed by atoms with Crippen molar-refractivity contribution in [3.05, 3.63) is 57.8 Å². The number of benzene rings is 2. The van der Waals surface area contributed by atoms with Crippen LogP contribution in [0.3, 0.4) is 0 Å². The number of nitrogens with zero attached hydrogens (tertiary/aromatic N) is 2. The largest absolute Gasteiger partial charge is 0.295 e. The molecule has 1 atom stereocenters. The number of aromatic nitrogens is 2. The lowest BCUT2D eigenvalue weighted by Gasteiger charge is -2.16. The Balaban J connectivity index is 2.42. The summed E-state index contributed by atoms with van der Waals surface area (Å²) in [6, 6.07) is 12.4. The van der Waals surface area contributed by atoms with Crippen LogP contribution in [0.2, 0.25) is 0 Å². The summed E-state index contributed by atoms with van der Waals surface area (Å²) in [6.07, 6.45) is 0. The first kappa shape index (κ1) is 14.6. The minimum absolute atomic E-state index is 0.153. The summed E-state index contributed by atoms with van der Waals surface area (Å²) in [6.45, 7) is 6.19. The average molecular weight is 364 g/mol. The number of para-hydroxylation sites is 2. The van der Waals surface area contributed by atoms with Crippen LogP contribution in [0.5, 0.6) is 0 Å². The minimum Gasteiger partial charge on any atom is -0.295 e. The first-order valence-corrected chi connectivity index (χ1v) is 8.10. The summed E-state index contributed by atoms with van der Waals surface area (Å²) < 4.78 is 3.27. The number of hydrogen-bond acceptors (Lipinski definition) is 1. The molecule has 0 amide bonds. The molecular weight excluding hydrogens is 348 g/mol. The van der Waals surface area contributed by atoms with Gasteiger partial charge in [-0.1, -0.05) is 28.1 Å². The van der Waals surface area contributed by atoms with E-state index in [0.29, 0.717) is 0 Å². The van der Waals surface area contributed by atoms with Crippen molar-refractivity contribution in [2.75, 3.05) is 0 Å². The molecule has 0 spiro atoms. The van der Waals surface area contributed by atoms with Crippen molar-refractivity contribution in [2.24, 2.45) is 0 Å². The van der Waals surface area contributed by atoms with E-state index in [1.807, 2.05) is 25.1 Å². The van der Waals surface area contributed by atoms with Crippen molar-refractivity contribution in [1.29, 1.82) is 0 Å². The van der Waals surface area contributed by atoms with E-state index in [9.17, 15) is 0 Å². The summed E-state index contributed by atoms with van der Waals surface area (Å²) in [5.74, 6) is 0.881. The molecule has 0 saturated heterocycles. The SMILES string of the molecule is Cc1cc(Br)cc(C)c1-n1c(C(C)Cl)nc2ccccc21. The predicted molar refractivity (Wildman–Crippen MR) is 92.5 cm³/mol. The lowest BCUT2D eigenvalue weighted by molar-refractivity contribution is 0.873. The van der Waals surface area contributed by atoms with Gasteiger partial charge in [0.15, 0.2) is 0 Å². The maximum absolute atomic E-state index is 6.37. The number of halogens is 2. The molecule has 0 aliphatic carbocycles. The lowest BCUT2D eigenvalue weighted by atomic mass is 10.1. The van der Waals surface area contributed by atoms with Gasteiger partial charge in [-0.2, -0.15) is 0 Å². The van der Waals surface area contributed by atoms with Gasteiger partial charge in [0, 0.05) is 4.47 Å². The van der Waals surface area contributed by atoms with Crippen LogP contribution in [-0.2, 0) is 0 Å². The number of imidazole rings is 1. The normalized spacial score (nSPS) is 12.8. The smallest absolute Gasteiger partial charge is 0.132 e. The Bertz CT molecular complexity index is 798. The van der Waals surface area contributed by atoms with E-state index in [1.165, 1.54) is 11.1 Å². The Morgan fingerprint density at radius 2 is 1.76 bits per heavy atom. The zero-order chi connectivity index (χ0) is 15.1. The fraction of sp³-hybridized carbons (Fsp3) is 0.235. The molecule has 3 aromatic rings. The molecule has 1 heterocycles. The molecule has 2 aromatic carbocycles. The average Bonchev–Trinajstić information content (AvgIpc) is 2.77. The van der Waals surface area contributed by atoms with E-state index in [4.69, 9.17) is 16.6 Å². The first-order chi connectivity index (χ1) is 9.99. The summed E-state index contributed by atoms with van der Waals surface area (Å²) in [7, 11) is 0. The highest BCUT2D eigenvalue weighted by atomic mass is 79.9. The quantitative estimate of drug-likeness (QED) is 0.534. The molecule has 2 nitrogen and oxygen atoms in total. The zero-order valence-electron chi connectivity index (χ0n) is 12.2. The van der Waals surface area contributed by atoms with Gasteiger partial charge in [0.1, 0.15) is 5.82 Å². The molecule has 108 valence electrons. The number of rotatable bonds is 2. The van der Waals surface area contributed by atoms with Crippen molar-refractivity contribution in [3.63, 3.8) is 0 Å². The Hall–Kier alpha value is -1.32. The number of alkyl halides is 1. The molecule has 0 radical (unpaired) electrons. The van der Waals surface area contributed by atoms with Crippen molar-refractivity contribution in [1.82, 2.24) is 9.55 Å². The van der Waals surface area contributed by atoms with Gasteiger partial charge in [0.2, 0.25) is 0 Å². The monoisotopic (exact) mass is 362 g/mol. The van der Waals surface area contributed by atoms with E-state index < -0.39 is 0 Å². The van der Waals surface area contributed by atoms with Crippen LogP contribution < -0.4 is 0 Å². The molecule has 0 aliphatic rings. The standard InChI is InChI=1S/C17H16BrClN2/c1-10-8-13(18)9-11(2)16(10)21-15-7-5-4-6-14(15)20-17(21)12(3)19/h4-9,12H,1-3H3. The Morgan fingerprint density at radius 3 is 2.38 bits per heavy atom. The van der Waals surface area contributed by atoms with E-state index in [-0.39, 0.29) is 5.38 Å². The maximum Gasteiger partial charge on any atom is 0.132 e. The van der Waals surface area contributed by atoms with E-state index in [1.54, 1.807) is 0 Å². The van der Waals surface area contributed by atoms with Gasteiger partial charge in [-0.05, 0) is 56.2 Å². The minimum atomic E-state index is -0.153. The van der Waals surface area contributed by atoms with Crippen LogP contribution in [0.15, 0.2) is 40.9 Å². The van der Waals surface area contributed by atoms with Crippen LogP contribution in [0, 0.1) is 13.8 Å². The van der Waals surface area contributed by atoms with Crippen molar-refractivity contribution < 1.29 is 0 Å². The second-order valence-corrected chi connectivity index (χ2v) is 6.87. The third-order valence-corrected chi connectivity index (χ3v) is 4.27. The van der Waals surface area contributed by atoms with Crippen LogP contribution in [0.25, 0.3) is 16.7 Å². The van der Waals surface area contributed by atoms with E-state index in [0.717, 1.165) is 27.0 Å². The molecule has 0 aliphatic heterocycles. The third-order valence-electron chi connectivity index (χ3n) is 3.62. The van der Waals surface area contributed by atoms with Crippen molar-refractivity contribution >= 4 is 38.6 Å². The molecule has 3 rings (SSSR count). The van der Waals surface area contributed by atoms with E-state index in [2.05, 4.69) is 52.5 Å². The van der Waals surface area contributed by atoms with Crippen molar-refractivity contribution in [2.45, 2.75) is 26.1 Å². The summed E-state index contributed by atoms with van der Waals surface area (Å²) in [5.41, 5.74) is 5.62. The van der Waals surface area contributed by atoms with Gasteiger partial charge in [-0.3, -0.25) is 4.57 Å². The Kier molecular flexibility index (Phi) is 3.80. The van der Waals surface area contributed by atoms with Gasteiger partial charge >= 0.3 is 0 Å². The van der Waals surface area contributed by atoms with Crippen molar-refractivity contribution in [3.8, 4) is 5.69 Å². The molecule has 0 N–H and O–H groups in total. The molecule has 0 bridgehead atoms. The molecular formula is C17H16BrClN2. The highest BCUT2D eigenvalue weighted by Crippen LogP contribution is 2.32. The van der Waals surface area contributed by atoms with Gasteiger partial charge in [-0.15, -0.1) is 11.6 Å². The topological polar surface area (TPSA) is 17.8 Å². The number of aryl methyl sites for hydroxylation is 2. The Labute approximate surface area is 137 Å². The number of fused-ring (bicyclic) bond motifs is 1. The van der Waals surface area contributed by atoms with Crippen LogP contribution in [0.1, 0.15) is 29.3 Å². The Morgan fingerprint density at radius 1 is 1.14 bits per heavy atom. The fourth-order valence-corrected chi connectivity index (χ4v) is 3.64. The molecule has 1 aromatic heterocycles. The van der Waals surface area contributed by atoms with Gasteiger partial charge < -0.3 is 0 Å². The fourth-order valence-electron chi connectivity index (χ4n) is 2.80. The first-order valence-electron chi connectivity index (χ1n) is 6.87. The van der Waals surface area contributed by atoms with Crippen LogP contribution in [0.4, 0.5) is 0 Å². The highest BCUT2D eigenvalue weighted by molar-refractivity contribution is 9.10. The molecule has 21 heavy (non-hydrogen) atoms. The summed E-state index contributed by atoms with van der Waals surface area (Å²) in [5, 5.41) is -0.153. The molecule has 0 fully saturated rings. The highest BCUT2D eigenvalue weighted by Gasteiger charge is 2.18. The van der Waals surface area contributed by atoms with E-state index >= 15 is 0 Å². The van der Waals surface area contributed by atoms with Crippen LogP contribution >= 0.6 is 27.5 Å². The summed E-state index contributed by atoms with van der Waals surface area (Å²) >= 11 is 9.93. The molecule has 0 saturated carbocycles. The second-order valence-electron chi connectivity index (χ2n) is 5.30. The van der Waals surface area contributed by atoms with Gasteiger partial charge in [0.05, 0.1) is 22.1 Å². The molecule has 1 unspecified atom stereocenters. The zero-order valence-corrected chi connectivity index (χ0v) is 14.5. The predicted octanol–water partition coefficient (Wildman–Crippen LogP) is 5.70. The van der Waals surface area contributed by atoms with Gasteiger partial charge in [0.25, 0.3) is 0 Å². The third kappa shape index (κ3) is 2.49. The van der Waals surface area contributed by atoms with Crippen LogP contribution in [-0.4, -0.2) is 9.55 Å². The summed E-state index contributed by atoms with van der Waals surface area (Å²) in [4.78, 5) is 4.71. The number of hydrogen-bond donors (Lipinski definition) is 0. The second kappa shape index (κ2) is 5.47. The maximum atomic E-state index is 6.37. The lowest BCUT2D eigenvalue weighted by Crippen LogP contribution is -2.06. The molecule has 4 heteroatoms. The van der Waals surface area contributed by atoms with Gasteiger partial charge in [-0.25, -0.2) is 4.98 Å².